The Kier molecular flexibility index (Phi) is 6.18. The van der Waals surface area contributed by atoms with Gasteiger partial charge in [-0.1, -0.05) is 37.5 Å². The molecule has 0 bridgehead atoms. The lowest BCUT2D eigenvalue weighted by molar-refractivity contribution is -0.122. The van der Waals surface area contributed by atoms with E-state index in [2.05, 4.69) is 5.32 Å². The molecule has 0 aliphatic heterocycles. The zero-order chi connectivity index (χ0) is 16.9. The number of carbonyl (C=O) groups excluding carboxylic acids is 1. The topological polar surface area (TPSA) is 66.5 Å². The summed E-state index contributed by atoms with van der Waals surface area (Å²) in [5.74, 6) is 0.485. The van der Waals surface area contributed by atoms with E-state index >= 15 is 0 Å². The van der Waals surface area contributed by atoms with Crippen molar-refractivity contribution in [3.63, 3.8) is 0 Å². The number of benzene rings is 1. The summed E-state index contributed by atoms with van der Waals surface area (Å²) in [5.41, 5.74) is 0.623. The van der Waals surface area contributed by atoms with E-state index < -0.39 is 10.0 Å². The maximum atomic E-state index is 12.3. The summed E-state index contributed by atoms with van der Waals surface area (Å²) in [5, 5.41) is 2.88. The molecule has 2 rings (SSSR count). The van der Waals surface area contributed by atoms with Gasteiger partial charge in [-0.2, -0.15) is 0 Å². The van der Waals surface area contributed by atoms with Crippen LogP contribution in [0.1, 0.15) is 44.1 Å². The minimum atomic E-state index is -3.50. The molecule has 0 heterocycles. The molecule has 23 heavy (non-hydrogen) atoms. The molecule has 1 aliphatic carbocycles. The molecule has 6 heteroatoms. The third kappa shape index (κ3) is 4.78. The fourth-order valence-corrected chi connectivity index (χ4v) is 4.13. The Morgan fingerprint density at radius 2 is 1.83 bits per heavy atom. The second-order valence-corrected chi connectivity index (χ2v) is 8.50. The van der Waals surface area contributed by atoms with E-state index in [0.29, 0.717) is 17.9 Å². The summed E-state index contributed by atoms with van der Waals surface area (Å²) in [4.78, 5) is 12.4. The quantitative estimate of drug-likeness (QED) is 0.867. The van der Waals surface area contributed by atoms with E-state index in [0.717, 1.165) is 12.8 Å². The van der Waals surface area contributed by atoms with Crippen LogP contribution in [0.2, 0.25) is 0 Å². The van der Waals surface area contributed by atoms with Gasteiger partial charge in [0.05, 0.1) is 4.90 Å². The summed E-state index contributed by atoms with van der Waals surface area (Å²) in [6.07, 6.45) is 6.48. The van der Waals surface area contributed by atoms with Crippen LogP contribution in [-0.2, 0) is 21.4 Å². The number of sulfonamides is 1. The Morgan fingerprint density at radius 1 is 1.17 bits per heavy atom. The Hall–Kier alpha value is -1.40. The van der Waals surface area contributed by atoms with Crippen LogP contribution in [0, 0.1) is 5.92 Å². The smallest absolute Gasteiger partial charge is 0.242 e. The van der Waals surface area contributed by atoms with E-state index in [1.165, 1.54) is 37.7 Å². The fourth-order valence-electron chi connectivity index (χ4n) is 3.02. The number of hydrogen-bond donors (Lipinski definition) is 1. The second-order valence-electron chi connectivity index (χ2n) is 6.38. The minimum Gasteiger partial charge on any atom is -0.352 e. The van der Waals surface area contributed by atoms with Crippen molar-refractivity contribution in [1.82, 2.24) is 9.62 Å². The molecule has 5 nitrogen and oxygen atoms in total. The highest BCUT2D eigenvalue weighted by Gasteiger charge is 2.21. The first-order chi connectivity index (χ1) is 10.9. The monoisotopic (exact) mass is 338 g/mol. The molecule has 1 aromatic carbocycles. The summed E-state index contributed by atoms with van der Waals surface area (Å²) < 4.78 is 25.8. The average Bonchev–Trinajstić information content (AvgIpc) is 2.54. The summed E-state index contributed by atoms with van der Waals surface area (Å²) in [7, 11) is -0.485. The Labute approximate surface area is 139 Å². The zero-order valence-electron chi connectivity index (χ0n) is 13.9. The van der Waals surface area contributed by atoms with E-state index in [-0.39, 0.29) is 17.3 Å². The van der Waals surface area contributed by atoms with Gasteiger partial charge in [0.2, 0.25) is 15.9 Å². The third-order valence-electron chi connectivity index (χ3n) is 4.41. The molecule has 0 radical (unpaired) electrons. The van der Waals surface area contributed by atoms with Crippen molar-refractivity contribution in [3.8, 4) is 0 Å². The molecule has 0 saturated heterocycles. The van der Waals surface area contributed by atoms with Crippen molar-refractivity contribution in [2.75, 3.05) is 14.1 Å². The molecule has 128 valence electrons. The van der Waals surface area contributed by atoms with Crippen LogP contribution >= 0.6 is 0 Å². The Bertz CT molecular complexity index is 635. The minimum absolute atomic E-state index is 0.00829. The number of carbonyl (C=O) groups is 1. The number of rotatable bonds is 6. The molecule has 0 unspecified atom stereocenters. The largest absolute Gasteiger partial charge is 0.352 e. The van der Waals surface area contributed by atoms with Gasteiger partial charge in [0.25, 0.3) is 0 Å². The number of nitrogens with zero attached hydrogens (tertiary/aromatic N) is 1. The van der Waals surface area contributed by atoms with Gasteiger partial charge in [-0.15, -0.1) is 0 Å². The number of hydrogen-bond acceptors (Lipinski definition) is 3. The molecule has 0 aromatic heterocycles. The normalized spacial score (nSPS) is 16.5. The van der Waals surface area contributed by atoms with Gasteiger partial charge in [-0.25, -0.2) is 12.7 Å². The van der Waals surface area contributed by atoms with Crippen molar-refractivity contribution in [2.24, 2.45) is 5.92 Å². The summed E-state index contributed by atoms with van der Waals surface area (Å²) in [6.45, 7) is 0.245. The van der Waals surface area contributed by atoms with E-state index in [1.54, 1.807) is 24.3 Å². The predicted molar refractivity (Wildman–Crippen MR) is 90.4 cm³/mol. The Balaban J connectivity index is 1.99. The summed E-state index contributed by atoms with van der Waals surface area (Å²) >= 11 is 0. The standard InChI is InChI=1S/C17H26N2O3S/c1-19(2)23(21,22)16-11-7-6-10-15(16)13-18-17(20)12-14-8-4-3-5-9-14/h6-7,10-11,14H,3-5,8-9,12-13H2,1-2H3,(H,18,20). The SMILES string of the molecule is CN(C)S(=O)(=O)c1ccccc1CNC(=O)CC1CCCCC1. The van der Waals surface area contributed by atoms with Gasteiger partial charge in [0.1, 0.15) is 0 Å². The molecule has 0 atom stereocenters. The molecule has 1 amide bonds. The van der Waals surface area contributed by atoms with E-state index in [9.17, 15) is 13.2 Å². The summed E-state index contributed by atoms with van der Waals surface area (Å²) in [6, 6.07) is 6.82. The van der Waals surface area contributed by atoms with Gasteiger partial charge in [0, 0.05) is 27.1 Å². The lowest BCUT2D eigenvalue weighted by Gasteiger charge is -2.21. The highest BCUT2D eigenvalue weighted by atomic mass is 32.2. The lowest BCUT2D eigenvalue weighted by atomic mass is 9.87. The van der Waals surface area contributed by atoms with Crippen molar-refractivity contribution in [2.45, 2.75) is 50.0 Å². The van der Waals surface area contributed by atoms with Crippen LogP contribution in [-0.4, -0.2) is 32.7 Å². The van der Waals surface area contributed by atoms with Crippen molar-refractivity contribution in [3.05, 3.63) is 29.8 Å². The van der Waals surface area contributed by atoms with Crippen LogP contribution in [0.5, 0.6) is 0 Å². The highest BCUT2D eigenvalue weighted by molar-refractivity contribution is 7.89. The molecular formula is C17H26N2O3S. The van der Waals surface area contributed by atoms with Crippen LogP contribution < -0.4 is 5.32 Å². The van der Waals surface area contributed by atoms with E-state index in [1.807, 2.05) is 0 Å². The first kappa shape index (κ1) is 17.9. The van der Waals surface area contributed by atoms with Gasteiger partial charge >= 0.3 is 0 Å². The molecule has 1 N–H and O–H groups in total. The molecule has 1 aromatic rings. The molecule has 0 spiro atoms. The zero-order valence-corrected chi connectivity index (χ0v) is 14.7. The van der Waals surface area contributed by atoms with Gasteiger partial charge < -0.3 is 5.32 Å². The fraction of sp³-hybridized carbons (Fsp3) is 0.588. The van der Waals surface area contributed by atoms with Crippen molar-refractivity contribution < 1.29 is 13.2 Å². The highest BCUT2D eigenvalue weighted by Crippen LogP contribution is 2.26. The first-order valence-electron chi connectivity index (χ1n) is 8.18. The van der Waals surface area contributed by atoms with E-state index in [4.69, 9.17) is 0 Å². The van der Waals surface area contributed by atoms with Crippen molar-refractivity contribution in [1.29, 1.82) is 0 Å². The maximum Gasteiger partial charge on any atom is 0.242 e. The number of amides is 1. The first-order valence-corrected chi connectivity index (χ1v) is 9.62. The molecule has 1 fully saturated rings. The number of nitrogens with one attached hydrogen (secondary N) is 1. The van der Waals surface area contributed by atoms with Crippen LogP contribution in [0.15, 0.2) is 29.2 Å². The van der Waals surface area contributed by atoms with Crippen molar-refractivity contribution >= 4 is 15.9 Å². The molecule has 1 aliphatic rings. The second kappa shape index (κ2) is 7.93. The van der Waals surface area contributed by atoms with Gasteiger partial charge in [-0.05, 0) is 30.4 Å². The average molecular weight is 338 g/mol. The molecular weight excluding hydrogens is 312 g/mol. The maximum absolute atomic E-state index is 12.3. The third-order valence-corrected chi connectivity index (χ3v) is 6.32. The van der Waals surface area contributed by atoms with Gasteiger partial charge in [0.15, 0.2) is 0 Å². The molecule has 1 saturated carbocycles. The van der Waals surface area contributed by atoms with Crippen LogP contribution in [0.4, 0.5) is 0 Å². The predicted octanol–water partition coefficient (Wildman–Crippen LogP) is 2.52. The lowest BCUT2D eigenvalue weighted by Crippen LogP contribution is -2.28. The van der Waals surface area contributed by atoms with Crippen LogP contribution in [0.25, 0.3) is 0 Å². The van der Waals surface area contributed by atoms with Crippen LogP contribution in [0.3, 0.4) is 0 Å². The van der Waals surface area contributed by atoms with Gasteiger partial charge in [-0.3, -0.25) is 4.79 Å². The Morgan fingerprint density at radius 3 is 2.48 bits per heavy atom.